The molecule has 0 bridgehead atoms. The topological polar surface area (TPSA) is 72.9 Å². The number of imidazole rings is 2. The third kappa shape index (κ3) is 4.15. The number of aliphatic carboxylic acids is 1. The molecule has 0 radical (unpaired) electrons. The summed E-state index contributed by atoms with van der Waals surface area (Å²) in [6.45, 7) is 5.90. The highest BCUT2D eigenvalue weighted by molar-refractivity contribution is 7.99. The summed E-state index contributed by atoms with van der Waals surface area (Å²) in [5, 5.41) is 9.82. The Morgan fingerprint density at radius 3 is 2.28 bits per heavy atom. The van der Waals surface area contributed by atoms with Crippen LogP contribution in [0.25, 0.3) is 22.1 Å². The molecule has 2 aromatic heterocycles. The van der Waals surface area contributed by atoms with Gasteiger partial charge in [0.05, 0.1) is 34.4 Å². The highest BCUT2D eigenvalue weighted by Crippen LogP contribution is 2.26. The number of fused-ring (bicyclic) bond motifs is 2. The minimum atomic E-state index is -0.849. The molecule has 0 fully saturated rings. The van der Waals surface area contributed by atoms with E-state index in [-0.39, 0.29) is 5.75 Å². The Bertz CT molecular complexity index is 1160. The molecule has 2 heterocycles. The second kappa shape index (κ2) is 8.29. The largest absolute Gasteiger partial charge is 0.481 e. The molecule has 0 aliphatic carbocycles. The molecule has 0 unspecified atom stereocenters. The number of hydrogen-bond acceptors (Lipinski definition) is 4. The van der Waals surface area contributed by atoms with E-state index in [0.717, 1.165) is 40.9 Å². The minimum absolute atomic E-state index is 0.0207. The van der Waals surface area contributed by atoms with E-state index in [9.17, 15) is 4.79 Å². The lowest BCUT2D eigenvalue weighted by atomic mass is 10.1. The van der Waals surface area contributed by atoms with Crippen molar-refractivity contribution >= 4 is 39.8 Å². The van der Waals surface area contributed by atoms with Gasteiger partial charge in [-0.2, -0.15) is 0 Å². The van der Waals surface area contributed by atoms with Gasteiger partial charge in [-0.1, -0.05) is 49.9 Å². The quantitative estimate of drug-likeness (QED) is 0.429. The smallest absolute Gasteiger partial charge is 0.313 e. The van der Waals surface area contributed by atoms with Crippen LogP contribution in [0.4, 0.5) is 0 Å². The molecular weight excluding hydrogens is 384 g/mol. The van der Waals surface area contributed by atoms with Gasteiger partial charge in [0.15, 0.2) is 5.16 Å². The number of aromatic nitrogens is 4. The van der Waals surface area contributed by atoms with Crippen molar-refractivity contribution in [3.8, 4) is 0 Å². The molecule has 4 rings (SSSR count). The molecule has 4 aromatic rings. The molecule has 0 aliphatic heterocycles. The highest BCUT2D eigenvalue weighted by atomic mass is 32.2. The second-order valence-corrected chi connectivity index (χ2v) is 8.45. The summed E-state index contributed by atoms with van der Waals surface area (Å²) in [7, 11) is 0. The Kier molecular flexibility index (Phi) is 5.58. The molecule has 0 amide bonds. The van der Waals surface area contributed by atoms with E-state index in [2.05, 4.69) is 34.0 Å². The molecular formula is C22H24N4O2S. The lowest BCUT2D eigenvalue weighted by molar-refractivity contribution is -0.133. The van der Waals surface area contributed by atoms with E-state index >= 15 is 0 Å². The van der Waals surface area contributed by atoms with Gasteiger partial charge in [-0.15, -0.1) is 0 Å². The molecule has 1 N–H and O–H groups in total. The van der Waals surface area contributed by atoms with Gasteiger partial charge < -0.3 is 14.2 Å². The van der Waals surface area contributed by atoms with E-state index in [1.807, 2.05) is 42.5 Å². The van der Waals surface area contributed by atoms with Gasteiger partial charge in [0.2, 0.25) is 0 Å². The number of benzene rings is 2. The van der Waals surface area contributed by atoms with Crippen LogP contribution in [0.1, 0.15) is 26.1 Å². The number of carboxylic acids is 1. The third-order valence-corrected chi connectivity index (χ3v) is 5.87. The molecule has 29 heavy (non-hydrogen) atoms. The van der Waals surface area contributed by atoms with Crippen molar-refractivity contribution in [2.45, 2.75) is 38.5 Å². The molecule has 0 saturated heterocycles. The van der Waals surface area contributed by atoms with E-state index in [1.165, 1.54) is 11.8 Å². The SMILES string of the molecule is CC(C)CCn1c(Cn2c(SCC(=O)O)nc3ccccc32)nc2ccccc21. The zero-order valence-electron chi connectivity index (χ0n) is 16.6. The number of rotatable bonds is 8. The van der Waals surface area contributed by atoms with Gasteiger partial charge in [-0.25, -0.2) is 9.97 Å². The molecule has 0 aliphatic rings. The number of hydrogen-bond donors (Lipinski definition) is 1. The lowest BCUT2D eigenvalue weighted by Crippen LogP contribution is -2.11. The number of thioether (sulfide) groups is 1. The molecule has 0 atom stereocenters. The number of para-hydroxylation sites is 4. The molecule has 0 saturated carbocycles. The molecule has 150 valence electrons. The average molecular weight is 409 g/mol. The van der Waals surface area contributed by atoms with Crippen LogP contribution in [0.3, 0.4) is 0 Å². The molecule has 2 aromatic carbocycles. The van der Waals surface area contributed by atoms with Crippen LogP contribution in [-0.4, -0.2) is 35.9 Å². The van der Waals surface area contributed by atoms with Crippen molar-refractivity contribution in [3.05, 3.63) is 54.4 Å². The maximum absolute atomic E-state index is 11.1. The molecule has 7 heteroatoms. The fourth-order valence-electron chi connectivity index (χ4n) is 3.47. The van der Waals surface area contributed by atoms with Crippen molar-refractivity contribution in [3.63, 3.8) is 0 Å². The van der Waals surface area contributed by atoms with E-state index in [4.69, 9.17) is 10.1 Å². The predicted molar refractivity (Wildman–Crippen MR) is 116 cm³/mol. The van der Waals surface area contributed by atoms with Gasteiger partial charge >= 0.3 is 5.97 Å². The molecule has 0 spiro atoms. The normalized spacial score (nSPS) is 11.7. The van der Waals surface area contributed by atoms with E-state index < -0.39 is 5.97 Å². The van der Waals surface area contributed by atoms with Crippen LogP contribution < -0.4 is 0 Å². The van der Waals surface area contributed by atoms with Gasteiger partial charge in [-0.3, -0.25) is 4.79 Å². The first kappa shape index (κ1) is 19.5. The Balaban J connectivity index is 1.78. The summed E-state index contributed by atoms with van der Waals surface area (Å²) in [4.78, 5) is 20.7. The van der Waals surface area contributed by atoms with Crippen molar-refractivity contribution in [2.24, 2.45) is 5.92 Å². The maximum Gasteiger partial charge on any atom is 0.313 e. The Morgan fingerprint density at radius 1 is 1.00 bits per heavy atom. The van der Waals surface area contributed by atoms with Crippen molar-refractivity contribution in [2.75, 3.05) is 5.75 Å². The predicted octanol–water partition coefficient (Wildman–Crippen LogP) is 4.66. The van der Waals surface area contributed by atoms with Gasteiger partial charge in [0, 0.05) is 6.54 Å². The Labute approximate surface area is 173 Å². The van der Waals surface area contributed by atoms with Crippen molar-refractivity contribution in [1.82, 2.24) is 19.1 Å². The summed E-state index contributed by atoms with van der Waals surface area (Å²) in [5.74, 6) is 0.692. The van der Waals surface area contributed by atoms with Crippen LogP contribution in [0.2, 0.25) is 0 Å². The van der Waals surface area contributed by atoms with Gasteiger partial charge in [0.1, 0.15) is 5.82 Å². The second-order valence-electron chi connectivity index (χ2n) is 7.50. The lowest BCUT2D eigenvalue weighted by Gasteiger charge is -2.13. The fraction of sp³-hybridized carbons (Fsp3) is 0.318. The summed E-state index contributed by atoms with van der Waals surface area (Å²) >= 11 is 1.25. The monoisotopic (exact) mass is 408 g/mol. The zero-order chi connectivity index (χ0) is 20.4. The summed E-state index contributed by atoms with van der Waals surface area (Å²) in [6, 6.07) is 16.1. The maximum atomic E-state index is 11.1. The first-order valence-electron chi connectivity index (χ1n) is 9.77. The summed E-state index contributed by atoms with van der Waals surface area (Å²) in [6.07, 6.45) is 1.07. The third-order valence-electron chi connectivity index (χ3n) is 4.91. The first-order valence-corrected chi connectivity index (χ1v) is 10.8. The number of aryl methyl sites for hydroxylation is 1. The van der Waals surface area contributed by atoms with Crippen LogP contribution in [0, 0.1) is 5.92 Å². The summed E-state index contributed by atoms with van der Waals surface area (Å²) in [5.41, 5.74) is 3.97. The van der Waals surface area contributed by atoms with E-state index in [0.29, 0.717) is 17.6 Å². The standard InChI is InChI=1S/C22H24N4O2S/c1-15(2)11-12-25-18-9-5-3-7-16(18)23-20(25)13-26-19-10-6-4-8-17(19)24-22(26)29-14-21(27)28/h3-10,15H,11-14H2,1-2H3,(H,27,28). The van der Waals surface area contributed by atoms with Crippen LogP contribution in [0.5, 0.6) is 0 Å². The van der Waals surface area contributed by atoms with Crippen LogP contribution >= 0.6 is 11.8 Å². The number of carboxylic acid groups (broad SMARTS) is 1. The summed E-state index contributed by atoms with van der Waals surface area (Å²) < 4.78 is 4.37. The average Bonchev–Trinajstić information content (AvgIpc) is 3.23. The van der Waals surface area contributed by atoms with E-state index in [1.54, 1.807) is 0 Å². The van der Waals surface area contributed by atoms with Crippen molar-refractivity contribution < 1.29 is 9.90 Å². The number of nitrogens with zero attached hydrogens (tertiary/aromatic N) is 4. The van der Waals surface area contributed by atoms with Gasteiger partial charge in [-0.05, 0) is 36.6 Å². The first-order chi connectivity index (χ1) is 14.0. The number of carbonyl (C=O) groups is 1. The molecule has 6 nitrogen and oxygen atoms in total. The van der Waals surface area contributed by atoms with Crippen LogP contribution in [-0.2, 0) is 17.9 Å². The van der Waals surface area contributed by atoms with Crippen LogP contribution in [0.15, 0.2) is 53.7 Å². The van der Waals surface area contributed by atoms with Gasteiger partial charge in [0.25, 0.3) is 0 Å². The van der Waals surface area contributed by atoms with Crippen molar-refractivity contribution in [1.29, 1.82) is 0 Å². The zero-order valence-corrected chi connectivity index (χ0v) is 17.4. The Hall–Kier alpha value is -2.80. The minimum Gasteiger partial charge on any atom is -0.481 e. The highest BCUT2D eigenvalue weighted by Gasteiger charge is 2.17. The fourth-order valence-corrected chi connectivity index (χ4v) is 4.20. The Morgan fingerprint density at radius 2 is 1.62 bits per heavy atom.